The van der Waals surface area contributed by atoms with Gasteiger partial charge in [-0.05, 0) is 39.7 Å². The van der Waals surface area contributed by atoms with Crippen molar-refractivity contribution in [2.75, 3.05) is 13.6 Å². The smallest absolute Gasteiger partial charge is 0.422 e. The van der Waals surface area contributed by atoms with Crippen LogP contribution in [0.2, 0.25) is 0 Å². The van der Waals surface area contributed by atoms with E-state index < -0.39 is 59.4 Å². The summed E-state index contributed by atoms with van der Waals surface area (Å²) in [4.78, 5) is 32.9. The van der Waals surface area contributed by atoms with Crippen molar-refractivity contribution < 1.29 is 41.2 Å². The van der Waals surface area contributed by atoms with E-state index in [1.165, 1.54) is 19.2 Å². The van der Waals surface area contributed by atoms with E-state index in [0.29, 0.717) is 32.1 Å². The number of carboxylic acids is 1. The molecule has 0 radical (unpaired) electrons. The number of hydrogen-bond acceptors (Lipinski definition) is 9. The van der Waals surface area contributed by atoms with E-state index in [-0.39, 0.29) is 13.0 Å². The van der Waals surface area contributed by atoms with Crippen LogP contribution in [0.4, 0.5) is 10.5 Å². The van der Waals surface area contributed by atoms with Gasteiger partial charge in [0.25, 0.3) is 5.69 Å². The Kier molecular flexibility index (Phi) is 12.6. The molecule has 14 nitrogen and oxygen atoms in total. The first-order valence-corrected chi connectivity index (χ1v) is 14.8. The van der Waals surface area contributed by atoms with Crippen LogP contribution in [0.3, 0.4) is 0 Å². The molecule has 0 aliphatic heterocycles. The Morgan fingerprint density at radius 1 is 1.05 bits per heavy atom. The Morgan fingerprint density at radius 3 is 2.16 bits per heavy atom. The third-order valence-electron chi connectivity index (χ3n) is 5.18. The Bertz CT molecular complexity index is 1180. The van der Waals surface area contributed by atoms with Gasteiger partial charge in [0.1, 0.15) is 11.6 Å². The Morgan fingerprint density at radius 2 is 1.61 bits per heavy atom. The lowest BCUT2D eigenvalue weighted by Crippen LogP contribution is -2.44. The van der Waals surface area contributed by atoms with Crippen LogP contribution in [0.25, 0.3) is 0 Å². The van der Waals surface area contributed by atoms with Crippen LogP contribution in [-0.4, -0.2) is 68.5 Å². The number of aliphatic carboxylic acids is 1. The second-order valence-electron chi connectivity index (χ2n) is 9.58. The molecule has 1 aromatic rings. The number of amides is 1. The molecule has 1 amide bonds. The van der Waals surface area contributed by atoms with Gasteiger partial charge in [-0.1, -0.05) is 44.2 Å². The first-order valence-electron chi connectivity index (χ1n) is 11.9. The molecule has 16 heteroatoms. The Hall–Kier alpha value is -2.82. The zero-order valence-electron chi connectivity index (χ0n) is 21.9. The van der Waals surface area contributed by atoms with Crippen molar-refractivity contribution >= 4 is 38.0 Å². The van der Waals surface area contributed by atoms with Crippen molar-refractivity contribution in [3.05, 3.63) is 34.4 Å². The quantitative estimate of drug-likeness (QED) is 0.148. The number of nitrogens with one attached hydrogen (secondary N) is 2. The minimum absolute atomic E-state index is 0.00743. The molecule has 0 aliphatic carbocycles. The van der Waals surface area contributed by atoms with E-state index in [9.17, 15) is 41.6 Å². The SMILES string of the molecule is CN(CCCCCCCC[C@H](NS(=O)(=O)c1ccccc1[N+](=O)[O-])C(=O)O)S(=O)(=O)NC(=O)OC(C)(C)C. The van der Waals surface area contributed by atoms with Gasteiger partial charge in [-0.2, -0.15) is 17.4 Å². The molecule has 38 heavy (non-hydrogen) atoms. The summed E-state index contributed by atoms with van der Waals surface area (Å²) < 4.78 is 59.3. The van der Waals surface area contributed by atoms with E-state index in [1.54, 1.807) is 20.8 Å². The van der Waals surface area contributed by atoms with Gasteiger partial charge in [0.15, 0.2) is 4.90 Å². The maximum Gasteiger partial charge on any atom is 0.422 e. The predicted molar refractivity (Wildman–Crippen MR) is 138 cm³/mol. The second-order valence-corrected chi connectivity index (χ2v) is 13.0. The number of carboxylic acid groups (broad SMARTS) is 1. The van der Waals surface area contributed by atoms with Crippen LogP contribution in [0.1, 0.15) is 65.7 Å². The first-order chi connectivity index (χ1) is 17.5. The highest BCUT2D eigenvalue weighted by molar-refractivity contribution is 7.89. The summed E-state index contributed by atoms with van der Waals surface area (Å²) in [5, 5.41) is 20.5. The topological polar surface area (TPSA) is 202 Å². The number of ether oxygens (including phenoxy) is 1. The summed E-state index contributed by atoms with van der Waals surface area (Å²) in [5.74, 6) is -1.39. The molecule has 0 aromatic heterocycles. The molecule has 216 valence electrons. The highest BCUT2D eigenvalue weighted by Gasteiger charge is 2.30. The van der Waals surface area contributed by atoms with Crippen LogP contribution in [0, 0.1) is 10.1 Å². The minimum atomic E-state index is -4.43. The third kappa shape index (κ3) is 11.7. The number of carbonyl (C=O) groups excluding carboxylic acids is 1. The fourth-order valence-corrected chi connectivity index (χ4v) is 5.48. The molecule has 0 spiro atoms. The van der Waals surface area contributed by atoms with Crippen LogP contribution in [0.5, 0.6) is 0 Å². The molecule has 0 heterocycles. The lowest BCUT2D eigenvalue weighted by molar-refractivity contribution is -0.387. The molecule has 1 atom stereocenters. The van der Waals surface area contributed by atoms with Crippen molar-refractivity contribution in [1.82, 2.24) is 13.7 Å². The summed E-state index contributed by atoms with van der Waals surface area (Å²) in [5.41, 5.74) is -1.49. The zero-order valence-corrected chi connectivity index (χ0v) is 23.5. The number of para-hydroxylation sites is 1. The summed E-state index contributed by atoms with van der Waals surface area (Å²) in [6, 6.07) is 3.23. The fraction of sp³-hybridized carbons (Fsp3) is 0.636. The summed E-state index contributed by atoms with van der Waals surface area (Å²) in [7, 11) is -7.13. The van der Waals surface area contributed by atoms with Crippen LogP contribution in [-0.2, 0) is 29.8 Å². The number of nitro groups is 1. The monoisotopic (exact) mass is 580 g/mol. The molecule has 0 aliphatic rings. The summed E-state index contributed by atoms with van der Waals surface area (Å²) in [6.07, 6.45) is 2.57. The lowest BCUT2D eigenvalue weighted by atomic mass is 10.1. The van der Waals surface area contributed by atoms with E-state index in [0.717, 1.165) is 22.9 Å². The molecular formula is C22H36N4O10S2. The van der Waals surface area contributed by atoms with Crippen LogP contribution >= 0.6 is 0 Å². The Balaban J connectivity index is 2.43. The molecular weight excluding hydrogens is 544 g/mol. The summed E-state index contributed by atoms with van der Waals surface area (Å²) in [6.45, 7) is 5.01. The van der Waals surface area contributed by atoms with E-state index in [4.69, 9.17) is 4.74 Å². The number of benzene rings is 1. The number of nitrogens with zero attached hydrogens (tertiary/aromatic N) is 2. The number of unbranched alkanes of at least 4 members (excludes halogenated alkanes) is 5. The second kappa shape index (κ2) is 14.4. The summed E-state index contributed by atoms with van der Waals surface area (Å²) >= 11 is 0. The maximum absolute atomic E-state index is 12.6. The molecule has 1 aromatic carbocycles. The van der Waals surface area contributed by atoms with Gasteiger partial charge in [0.2, 0.25) is 10.0 Å². The minimum Gasteiger partial charge on any atom is -0.480 e. The van der Waals surface area contributed by atoms with Crippen LogP contribution < -0.4 is 9.44 Å². The van der Waals surface area contributed by atoms with Gasteiger partial charge >= 0.3 is 22.3 Å². The fourth-order valence-electron chi connectivity index (χ4n) is 3.31. The van der Waals surface area contributed by atoms with Gasteiger partial charge in [-0.25, -0.2) is 17.9 Å². The number of nitro benzene ring substituents is 1. The van der Waals surface area contributed by atoms with E-state index >= 15 is 0 Å². The van der Waals surface area contributed by atoms with Crippen molar-refractivity contribution in [2.45, 2.75) is 82.3 Å². The maximum atomic E-state index is 12.6. The van der Waals surface area contributed by atoms with Crippen molar-refractivity contribution in [2.24, 2.45) is 0 Å². The van der Waals surface area contributed by atoms with Gasteiger partial charge in [-0.15, -0.1) is 0 Å². The molecule has 0 saturated heterocycles. The molecule has 0 unspecified atom stereocenters. The molecule has 0 saturated carbocycles. The van der Waals surface area contributed by atoms with Crippen molar-refractivity contribution in [3.8, 4) is 0 Å². The highest BCUT2D eigenvalue weighted by Crippen LogP contribution is 2.23. The van der Waals surface area contributed by atoms with E-state index in [2.05, 4.69) is 0 Å². The van der Waals surface area contributed by atoms with Crippen LogP contribution in [0.15, 0.2) is 29.2 Å². The number of hydrogen-bond donors (Lipinski definition) is 3. The van der Waals surface area contributed by atoms with Gasteiger partial charge < -0.3 is 9.84 Å². The highest BCUT2D eigenvalue weighted by atomic mass is 32.2. The first kappa shape index (κ1) is 33.2. The van der Waals surface area contributed by atoms with Crippen molar-refractivity contribution in [1.29, 1.82) is 0 Å². The van der Waals surface area contributed by atoms with Gasteiger partial charge in [0, 0.05) is 19.7 Å². The average Bonchev–Trinajstić information content (AvgIpc) is 2.77. The number of carbonyl (C=O) groups is 2. The normalized spacial score (nSPS) is 13.2. The molecule has 0 fully saturated rings. The largest absolute Gasteiger partial charge is 0.480 e. The standard InChI is InChI=1S/C22H36N4O10S2/c1-22(2,3)36-21(29)24-38(34,35)25(4)16-12-8-6-5-7-9-13-17(20(27)28)23-37(32,33)19-15-11-10-14-18(19)26(30)31/h10-11,14-15,17,23H,5-9,12-13,16H2,1-4H3,(H,24,29)(H,27,28)/t17-/m0/s1. The van der Waals surface area contributed by atoms with Crippen molar-refractivity contribution in [3.63, 3.8) is 0 Å². The third-order valence-corrected chi connectivity index (χ3v) is 8.13. The molecule has 3 N–H and O–H groups in total. The lowest BCUT2D eigenvalue weighted by Gasteiger charge is -2.22. The predicted octanol–water partition coefficient (Wildman–Crippen LogP) is 2.76. The van der Waals surface area contributed by atoms with Gasteiger partial charge in [-0.3, -0.25) is 14.9 Å². The van der Waals surface area contributed by atoms with E-state index in [1.807, 2.05) is 9.44 Å². The Labute approximate surface area is 223 Å². The van der Waals surface area contributed by atoms with Gasteiger partial charge in [0.05, 0.1) is 4.92 Å². The number of rotatable bonds is 16. The number of sulfonamides is 1. The average molecular weight is 581 g/mol. The molecule has 1 rings (SSSR count). The zero-order chi connectivity index (χ0) is 29.1. The molecule has 0 bridgehead atoms.